The molecule has 2 rings (SSSR count). The minimum atomic E-state index is -0.349. The van der Waals surface area contributed by atoms with Gasteiger partial charge in [0.05, 0.1) is 11.3 Å². The van der Waals surface area contributed by atoms with Gasteiger partial charge in [0.15, 0.2) is 5.78 Å². The Hall–Kier alpha value is -2.62. The lowest BCUT2D eigenvalue weighted by molar-refractivity contribution is 0.104. The van der Waals surface area contributed by atoms with Crippen LogP contribution in [-0.4, -0.2) is 21.0 Å². The third kappa shape index (κ3) is 2.74. The molecular formula is C14H11NO3. The summed E-state index contributed by atoms with van der Waals surface area (Å²) in [6.45, 7) is 0. The Morgan fingerprint density at radius 2 is 2.00 bits per heavy atom. The fourth-order valence-corrected chi connectivity index (χ4v) is 1.45. The number of pyridine rings is 1. The molecule has 1 heterocycles. The Morgan fingerprint density at radius 3 is 2.67 bits per heavy atom. The van der Waals surface area contributed by atoms with Crippen molar-refractivity contribution in [3.63, 3.8) is 0 Å². The molecule has 0 radical (unpaired) electrons. The largest absolute Gasteiger partial charge is 0.508 e. The summed E-state index contributed by atoms with van der Waals surface area (Å²) in [5.74, 6) is -0.679. The van der Waals surface area contributed by atoms with E-state index in [2.05, 4.69) is 4.98 Å². The number of nitrogens with zero attached hydrogens (tertiary/aromatic N) is 1. The van der Waals surface area contributed by atoms with E-state index >= 15 is 0 Å². The molecule has 0 amide bonds. The summed E-state index contributed by atoms with van der Waals surface area (Å²) in [6.07, 6.45) is 4.52. The van der Waals surface area contributed by atoms with Crippen molar-refractivity contribution in [2.45, 2.75) is 0 Å². The summed E-state index contributed by atoms with van der Waals surface area (Å²) >= 11 is 0. The van der Waals surface area contributed by atoms with Crippen LogP contribution in [0.1, 0.15) is 16.1 Å². The van der Waals surface area contributed by atoms with Gasteiger partial charge in [-0.2, -0.15) is 0 Å². The van der Waals surface area contributed by atoms with E-state index < -0.39 is 0 Å². The van der Waals surface area contributed by atoms with E-state index in [0.717, 1.165) is 6.07 Å². The highest BCUT2D eigenvalue weighted by Crippen LogP contribution is 2.23. The van der Waals surface area contributed by atoms with Crippen molar-refractivity contribution >= 4 is 11.9 Å². The first kappa shape index (κ1) is 11.9. The van der Waals surface area contributed by atoms with E-state index in [0.29, 0.717) is 5.69 Å². The second-order valence-corrected chi connectivity index (χ2v) is 3.65. The van der Waals surface area contributed by atoms with Gasteiger partial charge in [-0.15, -0.1) is 0 Å². The Labute approximate surface area is 104 Å². The number of aromatic nitrogens is 1. The fraction of sp³-hybridized carbons (Fsp3) is 0. The highest BCUT2D eigenvalue weighted by molar-refractivity contribution is 6.08. The minimum Gasteiger partial charge on any atom is -0.508 e. The maximum atomic E-state index is 11.8. The minimum absolute atomic E-state index is 0.0854. The Morgan fingerprint density at radius 1 is 1.17 bits per heavy atom. The van der Waals surface area contributed by atoms with E-state index in [-0.39, 0.29) is 22.8 Å². The third-order valence-corrected chi connectivity index (χ3v) is 2.34. The van der Waals surface area contributed by atoms with Gasteiger partial charge in [0, 0.05) is 12.3 Å². The quantitative estimate of drug-likeness (QED) is 0.639. The van der Waals surface area contributed by atoms with E-state index in [9.17, 15) is 9.90 Å². The average molecular weight is 241 g/mol. The fourth-order valence-electron chi connectivity index (χ4n) is 1.45. The highest BCUT2D eigenvalue weighted by atomic mass is 16.3. The van der Waals surface area contributed by atoms with Crippen LogP contribution in [0.15, 0.2) is 48.7 Å². The molecule has 4 heteroatoms. The van der Waals surface area contributed by atoms with Gasteiger partial charge in [0.1, 0.15) is 11.5 Å². The van der Waals surface area contributed by atoms with Crippen molar-refractivity contribution in [1.82, 2.24) is 4.98 Å². The molecule has 1 aromatic carbocycles. The van der Waals surface area contributed by atoms with Crippen LogP contribution >= 0.6 is 0 Å². The second-order valence-electron chi connectivity index (χ2n) is 3.65. The van der Waals surface area contributed by atoms with Gasteiger partial charge in [-0.25, -0.2) is 0 Å². The molecule has 0 aliphatic rings. The number of hydrogen-bond donors (Lipinski definition) is 2. The van der Waals surface area contributed by atoms with Crippen molar-refractivity contribution in [1.29, 1.82) is 0 Å². The zero-order valence-corrected chi connectivity index (χ0v) is 9.45. The summed E-state index contributed by atoms with van der Waals surface area (Å²) in [6, 6.07) is 9.21. The molecule has 0 aliphatic carbocycles. The van der Waals surface area contributed by atoms with Gasteiger partial charge in [-0.1, -0.05) is 6.07 Å². The smallest absolute Gasteiger partial charge is 0.189 e. The van der Waals surface area contributed by atoms with E-state index in [1.807, 2.05) is 6.07 Å². The normalized spacial score (nSPS) is 10.7. The SMILES string of the molecule is O=C(C=Cc1ccccn1)c1ccc(O)cc1O. The van der Waals surface area contributed by atoms with Crippen molar-refractivity contribution in [2.75, 3.05) is 0 Å². The lowest BCUT2D eigenvalue weighted by Gasteiger charge is -2.00. The lowest BCUT2D eigenvalue weighted by atomic mass is 10.1. The molecule has 0 spiro atoms. The zero-order valence-electron chi connectivity index (χ0n) is 9.45. The van der Waals surface area contributed by atoms with E-state index in [1.54, 1.807) is 24.4 Å². The van der Waals surface area contributed by atoms with Crippen molar-refractivity contribution in [3.8, 4) is 11.5 Å². The predicted octanol–water partition coefficient (Wildman–Crippen LogP) is 2.39. The number of carbonyl (C=O) groups is 1. The van der Waals surface area contributed by atoms with Crippen LogP contribution < -0.4 is 0 Å². The Balaban J connectivity index is 2.20. The standard InChI is InChI=1S/C14H11NO3/c16-11-5-6-12(14(18)9-11)13(17)7-4-10-3-1-2-8-15-10/h1-9,16,18H. The van der Waals surface area contributed by atoms with E-state index in [4.69, 9.17) is 5.11 Å². The first-order valence-electron chi connectivity index (χ1n) is 5.32. The molecule has 2 N–H and O–H groups in total. The molecule has 2 aromatic rings. The Kier molecular flexibility index (Phi) is 3.38. The lowest BCUT2D eigenvalue weighted by Crippen LogP contribution is -1.94. The number of ketones is 1. The summed E-state index contributed by atoms with van der Waals surface area (Å²) in [5, 5.41) is 18.7. The first-order chi connectivity index (χ1) is 8.66. The number of carbonyl (C=O) groups excluding carboxylic acids is 1. The van der Waals surface area contributed by atoms with Gasteiger partial charge in [-0.3, -0.25) is 9.78 Å². The monoisotopic (exact) mass is 241 g/mol. The third-order valence-electron chi connectivity index (χ3n) is 2.34. The van der Waals surface area contributed by atoms with Crippen molar-refractivity contribution < 1.29 is 15.0 Å². The molecule has 0 aliphatic heterocycles. The predicted molar refractivity (Wildman–Crippen MR) is 67.4 cm³/mol. The molecule has 0 atom stereocenters. The average Bonchev–Trinajstić information content (AvgIpc) is 2.37. The maximum absolute atomic E-state index is 11.8. The number of aromatic hydroxyl groups is 2. The van der Waals surface area contributed by atoms with Crippen LogP contribution in [0, 0.1) is 0 Å². The number of phenolic OH excluding ortho intramolecular Hbond substituents is 2. The highest BCUT2D eigenvalue weighted by Gasteiger charge is 2.08. The second kappa shape index (κ2) is 5.14. The number of phenols is 2. The van der Waals surface area contributed by atoms with E-state index in [1.165, 1.54) is 18.2 Å². The van der Waals surface area contributed by atoms with Crippen LogP contribution in [0.3, 0.4) is 0 Å². The summed E-state index contributed by atoms with van der Waals surface area (Å²) in [7, 11) is 0. The molecule has 4 nitrogen and oxygen atoms in total. The number of rotatable bonds is 3. The molecule has 0 bridgehead atoms. The molecule has 1 aromatic heterocycles. The van der Waals surface area contributed by atoms with Crippen LogP contribution in [-0.2, 0) is 0 Å². The first-order valence-corrected chi connectivity index (χ1v) is 5.32. The maximum Gasteiger partial charge on any atom is 0.189 e. The van der Waals surface area contributed by atoms with Crippen LogP contribution in [0.5, 0.6) is 11.5 Å². The molecule has 90 valence electrons. The van der Waals surface area contributed by atoms with Crippen molar-refractivity contribution in [3.05, 3.63) is 59.9 Å². The molecule has 0 fully saturated rings. The van der Waals surface area contributed by atoms with Crippen LogP contribution in [0.4, 0.5) is 0 Å². The molecule has 18 heavy (non-hydrogen) atoms. The molecule has 0 saturated carbocycles. The zero-order chi connectivity index (χ0) is 13.0. The summed E-state index contributed by atoms with van der Waals surface area (Å²) in [5.41, 5.74) is 0.795. The van der Waals surface area contributed by atoms with Crippen LogP contribution in [0.2, 0.25) is 0 Å². The number of allylic oxidation sites excluding steroid dienone is 1. The van der Waals surface area contributed by atoms with Gasteiger partial charge in [0.25, 0.3) is 0 Å². The molecular weight excluding hydrogens is 230 g/mol. The van der Waals surface area contributed by atoms with Gasteiger partial charge in [-0.05, 0) is 36.4 Å². The Bertz CT molecular complexity index is 591. The number of hydrogen-bond acceptors (Lipinski definition) is 4. The van der Waals surface area contributed by atoms with Gasteiger partial charge in [0.2, 0.25) is 0 Å². The number of benzene rings is 1. The molecule has 0 saturated heterocycles. The topological polar surface area (TPSA) is 70.4 Å². The van der Waals surface area contributed by atoms with Gasteiger partial charge < -0.3 is 10.2 Å². The summed E-state index contributed by atoms with van der Waals surface area (Å²) in [4.78, 5) is 15.8. The van der Waals surface area contributed by atoms with Crippen LogP contribution in [0.25, 0.3) is 6.08 Å². The van der Waals surface area contributed by atoms with Gasteiger partial charge >= 0.3 is 0 Å². The molecule has 0 unspecified atom stereocenters. The summed E-state index contributed by atoms with van der Waals surface area (Å²) < 4.78 is 0. The van der Waals surface area contributed by atoms with Crippen molar-refractivity contribution in [2.24, 2.45) is 0 Å².